The normalized spacial score (nSPS) is 11.5. The first-order valence-corrected chi connectivity index (χ1v) is 9.20. The van der Waals surface area contributed by atoms with Crippen LogP contribution in [-0.4, -0.2) is 35.4 Å². The minimum atomic E-state index is -2.99. The molecule has 0 atom stereocenters. The van der Waals surface area contributed by atoms with Crippen molar-refractivity contribution in [1.82, 2.24) is 35.4 Å². The summed E-state index contributed by atoms with van der Waals surface area (Å²) in [6, 6.07) is 9.16. The standard InChI is InChI=1S/C20H11F4N7O/c21-15-6-13(19-27-28-20(32-19)17(23)24)7-16(22)14(15)9-31-29-18(26-30-31)11-1-2-12-8-25-4-3-10(12)5-11/h1-8,17H,9H2. The lowest BCUT2D eigenvalue weighted by Gasteiger charge is -2.05. The maximum absolute atomic E-state index is 14.6. The average Bonchev–Trinajstić information content (AvgIpc) is 3.46. The molecular formula is C20H11F4N7O. The van der Waals surface area contributed by atoms with E-state index in [0.29, 0.717) is 5.56 Å². The molecule has 0 saturated carbocycles. The third-order valence-electron chi connectivity index (χ3n) is 4.67. The van der Waals surface area contributed by atoms with E-state index in [1.807, 2.05) is 18.2 Å². The summed E-state index contributed by atoms with van der Waals surface area (Å²) in [5.74, 6) is -2.97. The minimum Gasteiger partial charge on any atom is -0.415 e. The highest BCUT2D eigenvalue weighted by atomic mass is 19.3. The maximum atomic E-state index is 14.6. The van der Waals surface area contributed by atoms with Gasteiger partial charge in [-0.2, -0.15) is 13.6 Å². The molecule has 3 heterocycles. The van der Waals surface area contributed by atoms with Crippen molar-refractivity contribution in [3.8, 4) is 22.8 Å². The van der Waals surface area contributed by atoms with Crippen LogP contribution in [0.5, 0.6) is 0 Å². The van der Waals surface area contributed by atoms with Crippen molar-refractivity contribution in [2.45, 2.75) is 13.0 Å². The predicted octanol–water partition coefficient (Wildman–Crippen LogP) is 4.20. The van der Waals surface area contributed by atoms with Crippen LogP contribution in [0, 0.1) is 11.6 Å². The fourth-order valence-corrected chi connectivity index (χ4v) is 3.11. The average molecular weight is 441 g/mol. The van der Waals surface area contributed by atoms with Gasteiger partial charge in [0.2, 0.25) is 11.7 Å². The summed E-state index contributed by atoms with van der Waals surface area (Å²) in [6.07, 6.45) is 0.396. The lowest BCUT2D eigenvalue weighted by atomic mass is 10.1. The van der Waals surface area contributed by atoms with E-state index in [4.69, 9.17) is 4.42 Å². The number of halogens is 4. The molecule has 8 nitrogen and oxygen atoms in total. The van der Waals surface area contributed by atoms with E-state index in [2.05, 4.69) is 30.6 Å². The third kappa shape index (κ3) is 3.66. The van der Waals surface area contributed by atoms with Crippen molar-refractivity contribution in [2.75, 3.05) is 0 Å². The van der Waals surface area contributed by atoms with E-state index < -0.39 is 29.8 Å². The summed E-state index contributed by atoms with van der Waals surface area (Å²) in [7, 11) is 0. The molecule has 0 radical (unpaired) electrons. The van der Waals surface area contributed by atoms with Crippen molar-refractivity contribution in [1.29, 1.82) is 0 Å². The summed E-state index contributed by atoms with van der Waals surface area (Å²) >= 11 is 0. The third-order valence-corrected chi connectivity index (χ3v) is 4.67. The highest BCUT2D eigenvalue weighted by Crippen LogP contribution is 2.27. The molecule has 0 fully saturated rings. The minimum absolute atomic E-state index is 0.166. The Morgan fingerprint density at radius 2 is 1.72 bits per heavy atom. The van der Waals surface area contributed by atoms with Crippen LogP contribution in [-0.2, 0) is 6.54 Å². The molecule has 0 spiro atoms. The van der Waals surface area contributed by atoms with Gasteiger partial charge in [0.1, 0.15) is 11.6 Å². The number of fused-ring (bicyclic) bond motifs is 1. The van der Waals surface area contributed by atoms with Crippen LogP contribution < -0.4 is 0 Å². The second kappa shape index (κ2) is 7.80. The molecule has 0 unspecified atom stereocenters. The summed E-state index contributed by atoms with van der Waals surface area (Å²) in [4.78, 5) is 5.10. The maximum Gasteiger partial charge on any atom is 0.314 e. The first kappa shape index (κ1) is 19.7. The second-order valence-corrected chi connectivity index (χ2v) is 6.75. The topological polar surface area (TPSA) is 95.4 Å². The van der Waals surface area contributed by atoms with Crippen molar-refractivity contribution in [3.63, 3.8) is 0 Å². The quantitative estimate of drug-likeness (QED) is 0.377. The van der Waals surface area contributed by atoms with E-state index in [-0.39, 0.29) is 23.5 Å². The number of aromatic nitrogens is 7. The van der Waals surface area contributed by atoms with Gasteiger partial charge in [-0.3, -0.25) is 4.98 Å². The Morgan fingerprint density at radius 3 is 2.47 bits per heavy atom. The number of pyridine rings is 1. The largest absolute Gasteiger partial charge is 0.415 e. The zero-order valence-electron chi connectivity index (χ0n) is 16.0. The summed E-state index contributed by atoms with van der Waals surface area (Å²) < 4.78 is 59.1. The number of alkyl halides is 2. The van der Waals surface area contributed by atoms with Gasteiger partial charge < -0.3 is 4.42 Å². The molecule has 160 valence electrons. The Labute approximate surface area is 176 Å². The molecule has 3 aromatic heterocycles. The Hall–Kier alpha value is -4.22. The Morgan fingerprint density at radius 1 is 0.906 bits per heavy atom. The molecule has 0 amide bonds. The van der Waals surface area contributed by atoms with E-state index in [1.54, 1.807) is 18.5 Å². The molecule has 0 aliphatic rings. The van der Waals surface area contributed by atoms with Gasteiger partial charge in [-0.1, -0.05) is 12.1 Å². The number of hydrogen-bond acceptors (Lipinski definition) is 7. The monoisotopic (exact) mass is 441 g/mol. The Kier molecular flexibility index (Phi) is 4.81. The molecule has 5 rings (SSSR count). The van der Waals surface area contributed by atoms with Crippen molar-refractivity contribution in [2.24, 2.45) is 0 Å². The van der Waals surface area contributed by atoms with Crippen LogP contribution in [0.4, 0.5) is 17.6 Å². The van der Waals surface area contributed by atoms with Gasteiger partial charge in [0.25, 0.3) is 5.89 Å². The van der Waals surface area contributed by atoms with Crippen LogP contribution in [0.25, 0.3) is 33.6 Å². The molecule has 32 heavy (non-hydrogen) atoms. The number of rotatable bonds is 5. The molecule has 0 bridgehead atoms. The van der Waals surface area contributed by atoms with Crippen LogP contribution in [0.15, 0.2) is 53.2 Å². The SMILES string of the molecule is Fc1cc(-c2nnc(C(F)F)o2)cc(F)c1Cn1nnc(-c2ccc3cnccc3c2)n1. The highest BCUT2D eigenvalue weighted by molar-refractivity contribution is 5.85. The number of nitrogens with zero attached hydrogens (tertiary/aromatic N) is 7. The molecule has 0 aliphatic carbocycles. The smallest absolute Gasteiger partial charge is 0.314 e. The van der Waals surface area contributed by atoms with E-state index in [0.717, 1.165) is 27.7 Å². The van der Waals surface area contributed by atoms with Crippen molar-refractivity contribution in [3.05, 3.63) is 71.9 Å². The second-order valence-electron chi connectivity index (χ2n) is 6.75. The van der Waals surface area contributed by atoms with Gasteiger partial charge in [-0.05, 0) is 34.9 Å². The number of hydrogen-bond donors (Lipinski definition) is 0. The molecule has 12 heteroatoms. The van der Waals surface area contributed by atoms with Crippen LogP contribution in [0.1, 0.15) is 17.9 Å². The van der Waals surface area contributed by atoms with Gasteiger partial charge >= 0.3 is 6.43 Å². The van der Waals surface area contributed by atoms with Gasteiger partial charge in [0.05, 0.1) is 6.54 Å². The molecule has 5 aromatic rings. The van der Waals surface area contributed by atoms with Crippen LogP contribution in [0.3, 0.4) is 0 Å². The molecule has 2 aromatic carbocycles. The zero-order chi connectivity index (χ0) is 22.2. The fraction of sp³-hybridized carbons (Fsp3) is 0.100. The first-order valence-electron chi connectivity index (χ1n) is 9.20. The lowest BCUT2D eigenvalue weighted by molar-refractivity contribution is 0.116. The summed E-state index contributed by atoms with van der Waals surface area (Å²) in [6.45, 7) is -0.339. The molecule has 0 N–H and O–H groups in total. The van der Waals surface area contributed by atoms with Gasteiger partial charge in [-0.25, -0.2) is 8.78 Å². The molecule has 0 saturated heterocycles. The van der Waals surface area contributed by atoms with Crippen LogP contribution in [0.2, 0.25) is 0 Å². The van der Waals surface area contributed by atoms with Crippen molar-refractivity contribution >= 4 is 10.8 Å². The Bertz CT molecular complexity index is 1410. The van der Waals surface area contributed by atoms with E-state index in [9.17, 15) is 17.6 Å². The van der Waals surface area contributed by atoms with E-state index in [1.165, 1.54) is 0 Å². The summed E-state index contributed by atoms with van der Waals surface area (Å²) in [5.41, 5.74) is 0.175. The van der Waals surface area contributed by atoms with Crippen LogP contribution >= 0.6 is 0 Å². The van der Waals surface area contributed by atoms with Crippen molar-refractivity contribution < 1.29 is 22.0 Å². The van der Waals surface area contributed by atoms with E-state index >= 15 is 0 Å². The first-order chi connectivity index (χ1) is 15.5. The van der Waals surface area contributed by atoms with Gasteiger partial charge in [0.15, 0.2) is 0 Å². The summed E-state index contributed by atoms with van der Waals surface area (Å²) in [5, 5.41) is 20.4. The fourth-order valence-electron chi connectivity index (χ4n) is 3.11. The zero-order valence-corrected chi connectivity index (χ0v) is 16.0. The number of tetrazole rings is 1. The van der Waals surface area contributed by atoms with Gasteiger partial charge in [0, 0.05) is 34.5 Å². The predicted molar refractivity (Wildman–Crippen MR) is 102 cm³/mol. The Balaban J connectivity index is 1.41. The molecular weight excluding hydrogens is 430 g/mol. The lowest BCUT2D eigenvalue weighted by Crippen LogP contribution is -2.08. The highest BCUT2D eigenvalue weighted by Gasteiger charge is 2.20. The molecule has 0 aliphatic heterocycles. The van der Waals surface area contributed by atoms with Gasteiger partial charge in [-0.15, -0.1) is 20.4 Å². The number of benzene rings is 2.